The zero-order chi connectivity index (χ0) is 25.4. The summed E-state index contributed by atoms with van der Waals surface area (Å²) in [4.78, 5) is 15.5. The van der Waals surface area contributed by atoms with E-state index in [1.54, 1.807) is 32.3 Å². The fourth-order valence-electron chi connectivity index (χ4n) is 4.79. The Labute approximate surface area is 209 Å². The Hall–Kier alpha value is -4.46. The molecule has 1 amide bonds. The van der Waals surface area contributed by atoms with Gasteiger partial charge in [0.15, 0.2) is 11.5 Å². The van der Waals surface area contributed by atoms with Crippen LogP contribution in [0.4, 0.5) is 0 Å². The zero-order valence-corrected chi connectivity index (χ0v) is 20.5. The van der Waals surface area contributed by atoms with Gasteiger partial charge >= 0.3 is 0 Å². The highest BCUT2D eigenvalue weighted by Crippen LogP contribution is 2.48. The lowest BCUT2D eigenvalue weighted by Gasteiger charge is -2.27. The Balaban J connectivity index is 1.73. The van der Waals surface area contributed by atoms with Crippen molar-refractivity contribution in [3.8, 4) is 34.3 Å². The molecule has 36 heavy (non-hydrogen) atoms. The third kappa shape index (κ3) is 3.80. The molecule has 1 aliphatic rings. The SMILES string of the molecule is COc1cc([C@H]2c3c(-c4cc(C)ccc4O)n[nH]c3C(=O)N2Cc2ccccc2)cc(OC)c1OC. The first-order valence-electron chi connectivity index (χ1n) is 11.5. The molecule has 0 fully saturated rings. The topological polar surface area (TPSA) is 96.9 Å². The molecule has 0 radical (unpaired) electrons. The predicted molar refractivity (Wildman–Crippen MR) is 135 cm³/mol. The van der Waals surface area contributed by atoms with Crippen molar-refractivity contribution >= 4 is 5.91 Å². The number of fused-ring (bicyclic) bond motifs is 1. The second kappa shape index (κ2) is 9.30. The second-order valence-electron chi connectivity index (χ2n) is 8.66. The molecule has 2 heterocycles. The number of carbonyl (C=O) groups is 1. The van der Waals surface area contributed by atoms with Crippen molar-refractivity contribution in [2.45, 2.75) is 19.5 Å². The van der Waals surface area contributed by atoms with E-state index in [0.717, 1.165) is 16.7 Å². The van der Waals surface area contributed by atoms with E-state index in [-0.39, 0.29) is 11.7 Å². The fraction of sp³-hybridized carbons (Fsp3) is 0.214. The van der Waals surface area contributed by atoms with Crippen LogP contribution in [0.1, 0.15) is 38.8 Å². The van der Waals surface area contributed by atoms with E-state index in [9.17, 15) is 9.90 Å². The summed E-state index contributed by atoms with van der Waals surface area (Å²) in [5.74, 6) is 1.34. The molecule has 184 valence electrons. The van der Waals surface area contributed by atoms with E-state index >= 15 is 0 Å². The number of rotatable bonds is 7. The van der Waals surface area contributed by atoms with Gasteiger partial charge in [0, 0.05) is 17.7 Å². The van der Waals surface area contributed by atoms with Crippen LogP contribution in [0.15, 0.2) is 60.7 Å². The average Bonchev–Trinajstić information content (AvgIpc) is 3.44. The maximum Gasteiger partial charge on any atom is 0.273 e. The number of methoxy groups -OCH3 is 3. The summed E-state index contributed by atoms with van der Waals surface area (Å²) >= 11 is 0. The number of ether oxygens (including phenoxy) is 3. The van der Waals surface area contributed by atoms with Crippen molar-refractivity contribution in [2.75, 3.05) is 21.3 Å². The number of phenolic OH excluding ortho intramolecular Hbond substituents is 1. The number of nitrogens with one attached hydrogen (secondary N) is 1. The number of H-pyrrole nitrogens is 1. The highest BCUT2D eigenvalue weighted by Gasteiger charge is 2.43. The maximum atomic E-state index is 13.7. The Bertz CT molecular complexity index is 1410. The minimum Gasteiger partial charge on any atom is -0.507 e. The lowest BCUT2D eigenvalue weighted by atomic mass is 9.94. The molecule has 4 aromatic rings. The highest BCUT2D eigenvalue weighted by molar-refractivity contribution is 6.00. The van der Waals surface area contributed by atoms with Gasteiger partial charge in [0.25, 0.3) is 5.91 Å². The molecule has 0 unspecified atom stereocenters. The van der Waals surface area contributed by atoms with Gasteiger partial charge in [0.1, 0.15) is 17.1 Å². The number of benzene rings is 3. The normalized spacial score (nSPS) is 14.6. The maximum absolute atomic E-state index is 13.7. The molecular weight excluding hydrogens is 458 g/mol. The van der Waals surface area contributed by atoms with Crippen molar-refractivity contribution in [1.29, 1.82) is 0 Å². The Morgan fingerprint density at radius 3 is 2.31 bits per heavy atom. The number of aromatic hydroxyl groups is 1. The van der Waals surface area contributed by atoms with Gasteiger partial charge in [-0.1, -0.05) is 42.0 Å². The van der Waals surface area contributed by atoms with Crippen LogP contribution in [0.5, 0.6) is 23.0 Å². The molecule has 0 saturated carbocycles. The van der Waals surface area contributed by atoms with Gasteiger partial charge in [-0.25, -0.2) is 0 Å². The number of aromatic nitrogens is 2. The van der Waals surface area contributed by atoms with Gasteiger partial charge in [0.05, 0.1) is 27.4 Å². The Morgan fingerprint density at radius 1 is 0.972 bits per heavy atom. The fourth-order valence-corrected chi connectivity index (χ4v) is 4.79. The minimum absolute atomic E-state index is 0.0903. The van der Waals surface area contributed by atoms with Crippen LogP contribution in [0.2, 0.25) is 0 Å². The standard InChI is InChI=1S/C28H27N3O5/c1-16-10-11-20(32)19(12-16)24-23-25(30-29-24)28(33)31(15-17-8-6-5-7-9-17)26(23)18-13-21(34-2)27(36-4)22(14-18)35-3/h5-14,26,32H,15H2,1-4H3,(H,29,30)/t26-/m0/s1. The first-order valence-corrected chi connectivity index (χ1v) is 11.5. The third-order valence-corrected chi connectivity index (χ3v) is 6.47. The summed E-state index contributed by atoms with van der Waals surface area (Å²) in [6.45, 7) is 2.32. The lowest BCUT2D eigenvalue weighted by molar-refractivity contribution is 0.0729. The molecule has 0 bridgehead atoms. The first-order chi connectivity index (χ1) is 17.5. The summed E-state index contributed by atoms with van der Waals surface area (Å²) in [5, 5.41) is 18.1. The molecule has 2 N–H and O–H groups in total. The number of hydrogen-bond acceptors (Lipinski definition) is 6. The number of aryl methyl sites for hydroxylation is 1. The van der Waals surface area contributed by atoms with Gasteiger partial charge in [-0.3, -0.25) is 9.89 Å². The van der Waals surface area contributed by atoms with Gasteiger partial charge < -0.3 is 24.2 Å². The summed E-state index contributed by atoms with van der Waals surface area (Å²) in [5.41, 5.74) is 4.87. The molecular formula is C28H27N3O5. The van der Waals surface area contributed by atoms with Crippen LogP contribution < -0.4 is 14.2 Å². The molecule has 1 aromatic heterocycles. The molecule has 5 rings (SSSR count). The minimum atomic E-state index is -0.518. The number of amides is 1. The quantitative estimate of drug-likeness (QED) is 0.388. The smallest absolute Gasteiger partial charge is 0.273 e. The molecule has 1 aliphatic heterocycles. The van der Waals surface area contributed by atoms with E-state index in [0.29, 0.717) is 46.3 Å². The number of aromatic amines is 1. The van der Waals surface area contributed by atoms with Gasteiger partial charge in [-0.15, -0.1) is 0 Å². The Morgan fingerprint density at radius 2 is 1.67 bits per heavy atom. The van der Waals surface area contributed by atoms with Crippen LogP contribution in [0, 0.1) is 6.92 Å². The molecule has 0 saturated heterocycles. The van der Waals surface area contributed by atoms with Crippen LogP contribution in [-0.2, 0) is 6.54 Å². The van der Waals surface area contributed by atoms with E-state index in [2.05, 4.69) is 10.2 Å². The molecule has 3 aromatic carbocycles. The largest absolute Gasteiger partial charge is 0.507 e. The van der Waals surface area contributed by atoms with Gasteiger partial charge in [-0.05, 0) is 42.3 Å². The van der Waals surface area contributed by atoms with E-state index < -0.39 is 6.04 Å². The molecule has 1 atom stereocenters. The second-order valence-corrected chi connectivity index (χ2v) is 8.66. The van der Waals surface area contributed by atoms with Crippen molar-refractivity contribution < 1.29 is 24.1 Å². The lowest BCUT2D eigenvalue weighted by Crippen LogP contribution is -2.29. The van der Waals surface area contributed by atoms with Crippen LogP contribution in [0.3, 0.4) is 0 Å². The number of hydrogen-bond donors (Lipinski definition) is 2. The molecule has 8 nitrogen and oxygen atoms in total. The zero-order valence-electron chi connectivity index (χ0n) is 20.5. The van der Waals surface area contributed by atoms with E-state index in [1.807, 2.05) is 61.5 Å². The van der Waals surface area contributed by atoms with E-state index in [4.69, 9.17) is 14.2 Å². The molecule has 8 heteroatoms. The van der Waals surface area contributed by atoms with Crippen LogP contribution >= 0.6 is 0 Å². The number of nitrogens with zero attached hydrogens (tertiary/aromatic N) is 2. The van der Waals surface area contributed by atoms with Crippen molar-refractivity contribution in [1.82, 2.24) is 15.1 Å². The average molecular weight is 486 g/mol. The van der Waals surface area contributed by atoms with Crippen molar-refractivity contribution in [3.63, 3.8) is 0 Å². The van der Waals surface area contributed by atoms with Crippen LogP contribution in [-0.4, -0.2) is 47.4 Å². The molecule has 0 aliphatic carbocycles. The third-order valence-electron chi connectivity index (χ3n) is 6.47. The highest BCUT2D eigenvalue weighted by atomic mass is 16.5. The summed E-state index contributed by atoms with van der Waals surface area (Å²) < 4.78 is 16.7. The summed E-state index contributed by atoms with van der Waals surface area (Å²) in [6, 6.07) is 18.3. The molecule has 0 spiro atoms. The van der Waals surface area contributed by atoms with Crippen LogP contribution in [0.25, 0.3) is 11.3 Å². The monoisotopic (exact) mass is 485 g/mol. The van der Waals surface area contributed by atoms with Gasteiger partial charge in [0.2, 0.25) is 5.75 Å². The number of carbonyl (C=O) groups excluding carboxylic acids is 1. The Kier molecular flexibility index (Phi) is 6.01. The van der Waals surface area contributed by atoms with Crippen molar-refractivity contribution in [2.24, 2.45) is 0 Å². The van der Waals surface area contributed by atoms with Crippen molar-refractivity contribution in [3.05, 3.63) is 88.6 Å². The summed E-state index contributed by atoms with van der Waals surface area (Å²) in [7, 11) is 4.66. The predicted octanol–water partition coefficient (Wildman–Crippen LogP) is 4.86. The first kappa shape index (κ1) is 23.3. The van der Waals surface area contributed by atoms with Gasteiger partial charge in [-0.2, -0.15) is 5.10 Å². The summed E-state index contributed by atoms with van der Waals surface area (Å²) in [6.07, 6.45) is 0. The number of phenols is 1. The van der Waals surface area contributed by atoms with E-state index in [1.165, 1.54) is 0 Å².